The van der Waals surface area contributed by atoms with E-state index >= 15 is 0 Å². The average Bonchev–Trinajstić information content (AvgIpc) is 3.23. The molecule has 4 rings (SSSR count). The maximum Gasteiger partial charge on any atom is 0.156 e. The molecule has 2 aromatic heterocycles. The van der Waals surface area contributed by atoms with Crippen molar-refractivity contribution < 1.29 is 4.39 Å². The van der Waals surface area contributed by atoms with Crippen molar-refractivity contribution in [3.8, 4) is 28.5 Å². The fourth-order valence-corrected chi connectivity index (χ4v) is 3.62. The van der Waals surface area contributed by atoms with Crippen LogP contribution in [-0.4, -0.2) is 22.2 Å². The van der Waals surface area contributed by atoms with E-state index in [4.69, 9.17) is 0 Å². The van der Waals surface area contributed by atoms with E-state index in [1.54, 1.807) is 18.3 Å². The van der Waals surface area contributed by atoms with Gasteiger partial charge in [-0.1, -0.05) is 0 Å². The molecule has 0 spiro atoms. The fourth-order valence-electron chi connectivity index (χ4n) is 3.62. The lowest BCUT2D eigenvalue weighted by molar-refractivity contribution is 0.628. The van der Waals surface area contributed by atoms with Gasteiger partial charge >= 0.3 is 0 Å². The number of nitrogens with one attached hydrogen (secondary N) is 1. The number of nitriles is 1. The van der Waals surface area contributed by atoms with Crippen LogP contribution >= 0.6 is 0 Å². The highest BCUT2D eigenvalue weighted by molar-refractivity contribution is 5.75. The van der Waals surface area contributed by atoms with Gasteiger partial charge in [0.25, 0.3) is 0 Å². The van der Waals surface area contributed by atoms with Gasteiger partial charge in [-0.05, 0) is 90.2 Å². The van der Waals surface area contributed by atoms with Gasteiger partial charge in [0, 0.05) is 19.3 Å². The van der Waals surface area contributed by atoms with Crippen molar-refractivity contribution in [3.05, 3.63) is 83.3 Å². The molecule has 0 saturated carbocycles. The van der Waals surface area contributed by atoms with Crippen LogP contribution < -0.4 is 4.90 Å². The SMILES string of the molecule is Cc1cc(C#N)cc(C)c1-c1ccnc(N(C)c2cc(-c3ccc(F)cc3)[nH]n2)c1. The van der Waals surface area contributed by atoms with Gasteiger partial charge < -0.3 is 4.90 Å². The summed E-state index contributed by atoms with van der Waals surface area (Å²) in [7, 11) is 1.90. The molecule has 2 aromatic carbocycles. The number of anilines is 2. The number of hydrogen-bond acceptors (Lipinski definition) is 4. The number of pyridine rings is 1. The summed E-state index contributed by atoms with van der Waals surface area (Å²) in [6, 6.07) is 18.1. The summed E-state index contributed by atoms with van der Waals surface area (Å²) in [5.41, 5.74) is 6.53. The zero-order valence-corrected chi connectivity index (χ0v) is 16.9. The predicted octanol–water partition coefficient (Wildman–Crippen LogP) is 5.53. The third kappa shape index (κ3) is 3.65. The van der Waals surface area contributed by atoms with Gasteiger partial charge in [0.2, 0.25) is 0 Å². The Morgan fingerprint density at radius 2 is 1.63 bits per heavy atom. The number of benzene rings is 2. The summed E-state index contributed by atoms with van der Waals surface area (Å²) >= 11 is 0. The van der Waals surface area contributed by atoms with E-state index in [-0.39, 0.29) is 5.82 Å². The van der Waals surface area contributed by atoms with Crippen LogP contribution in [0.1, 0.15) is 16.7 Å². The molecule has 30 heavy (non-hydrogen) atoms. The highest BCUT2D eigenvalue weighted by Gasteiger charge is 2.14. The van der Waals surface area contributed by atoms with Gasteiger partial charge in [-0.2, -0.15) is 10.4 Å². The minimum atomic E-state index is -0.273. The first kappa shape index (κ1) is 19.3. The Bertz CT molecular complexity index is 1230. The molecule has 2 heterocycles. The molecule has 6 heteroatoms. The largest absolute Gasteiger partial charge is 0.313 e. The van der Waals surface area contributed by atoms with E-state index in [1.165, 1.54) is 12.1 Å². The standard InChI is InChI=1S/C24H20FN5/c1-15-10-17(14-26)11-16(2)24(15)19-8-9-27-22(12-19)30(3)23-13-21(28-29-23)18-4-6-20(25)7-5-18/h4-13H,1-3H3,(H,28,29). The molecule has 0 radical (unpaired) electrons. The number of aromatic amines is 1. The molecule has 4 aromatic rings. The summed E-state index contributed by atoms with van der Waals surface area (Å²) in [5.74, 6) is 1.17. The maximum absolute atomic E-state index is 13.2. The molecule has 148 valence electrons. The van der Waals surface area contributed by atoms with Crippen LogP contribution in [0.2, 0.25) is 0 Å². The normalized spacial score (nSPS) is 10.6. The second-order valence-corrected chi connectivity index (χ2v) is 7.21. The second-order valence-electron chi connectivity index (χ2n) is 7.21. The van der Waals surface area contributed by atoms with Crippen LogP contribution in [-0.2, 0) is 0 Å². The Morgan fingerprint density at radius 3 is 2.30 bits per heavy atom. The third-order valence-electron chi connectivity index (χ3n) is 5.10. The van der Waals surface area contributed by atoms with E-state index < -0.39 is 0 Å². The number of aryl methyl sites for hydroxylation is 2. The molecule has 0 aliphatic heterocycles. The summed E-state index contributed by atoms with van der Waals surface area (Å²) < 4.78 is 13.2. The summed E-state index contributed by atoms with van der Waals surface area (Å²) in [6.07, 6.45) is 1.77. The van der Waals surface area contributed by atoms with Crippen molar-refractivity contribution in [2.45, 2.75) is 13.8 Å². The minimum Gasteiger partial charge on any atom is -0.313 e. The van der Waals surface area contributed by atoms with E-state index in [9.17, 15) is 9.65 Å². The monoisotopic (exact) mass is 397 g/mol. The molecule has 0 saturated heterocycles. The average molecular weight is 397 g/mol. The zero-order valence-electron chi connectivity index (χ0n) is 16.9. The quantitative estimate of drug-likeness (QED) is 0.491. The van der Waals surface area contributed by atoms with Gasteiger partial charge in [0.05, 0.1) is 17.3 Å². The molecule has 0 atom stereocenters. The topological polar surface area (TPSA) is 68.6 Å². The molecular weight excluding hydrogens is 377 g/mol. The van der Waals surface area contributed by atoms with Crippen molar-refractivity contribution in [1.29, 1.82) is 5.26 Å². The van der Waals surface area contributed by atoms with Crippen LogP contribution in [0.3, 0.4) is 0 Å². The van der Waals surface area contributed by atoms with E-state index in [1.807, 2.05) is 56.1 Å². The zero-order chi connectivity index (χ0) is 21.3. The molecule has 0 amide bonds. The number of nitrogens with zero attached hydrogens (tertiary/aromatic N) is 4. The lowest BCUT2D eigenvalue weighted by atomic mass is 9.94. The molecule has 1 N–H and O–H groups in total. The van der Waals surface area contributed by atoms with Gasteiger partial charge in [0.15, 0.2) is 5.82 Å². The van der Waals surface area contributed by atoms with Crippen LogP contribution in [0, 0.1) is 31.0 Å². The Morgan fingerprint density at radius 1 is 0.933 bits per heavy atom. The minimum absolute atomic E-state index is 0.273. The predicted molar refractivity (Wildman–Crippen MR) is 116 cm³/mol. The fraction of sp³-hybridized carbons (Fsp3) is 0.125. The van der Waals surface area contributed by atoms with Crippen LogP contribution in [0.4, 0.5) is 16.0 Å². The molecule has 0 aliphatic carbocycles. The van der Waals surface area contributed by atoms with Gasteiger partial charge in [-0.15, -0.1) is 0 Å². The van der Waals surface area contributed by atoms with E-state index in [0.29, 0.717) is 11.4 Å². The molecular formula is C24H20FN5. The molecule has 0 aliphatic rings. The first-order chi connectivity index (χ1) is 14.5. The maximum atomic E-state index is 13.2. The third-order valence-corrected chi connectivity index (χ3v) is 5.10. The van der Waals surface area contributed by atoms with Crippen LogP contribution in [0.25, 0.3) is 22.4 Å². The second kappa shape index (κ2) is 7.80. The van der Waals surface area contributed by atoms with E-state index in [2.05, 4.69) is 21.3 Å². The van der Waals surface area contributed by atoms with Crippen molar-refractivity contribution in [3.63, 3.8) is 0 Å². The van der Waals surface area contributed by atoms with Crippen LogP contribution in [0.5, 0.6) is 0 Å². The molecule has 0 bridgehead atoms. The Kier molecular flexibility index (Phi) is 5.03. The lowest BCUT2D eigenvalue weighted by Crippen LogP contribution is -2.11. The van der Waals surface area contributed by atoms with Crippen LogP contribution in [0.15, 0.2) is 60.8 Å². The summed E-state index contributed by atoms with van der Waals surface area (Å²) in [6.45, 7) is 4.02. The molecule has 5 nitrogen and oxygen atoms in total. The van der Waals surface area contributed by atoms with Gasteiger partial charge in [-0.3, -0.25) is 5.10 Å². The number of aromatic nitrogens is 3. The Hall–Kier alpha value is -3.98. The number of H-pyrrole nitrogens is 1. The summed E-state index contributed by atoms with van der Waals surface area (Å²) in [5, 5.41) is 16.6. The van der Waals surface area contributed by atoms with Gasteiger partial charge in [0.1, 0.15) is 11.6 Å². The number of halogens is 1. The highest BCUT2D eigenvalue weighted by atomic mass is 19.1. The van der Waals surface area contributed by atoms with Crippen molar-refractivity contribution in [2.75, 3.05) is 11.9 Å². The first-order valence-electron chi connectivity index (χ1n) is 9.49. The van der Waals surface area contributed by atoms with Gasteiger partial charge in [-0.25, -0.2) is 9.37 Å². The number of hydrogen-bond donors (Lipinski definition) is 1. The number of rotatable bonds is 4. The van der Waals surface area contributed by atoms with Crippen molar-refractivity contribution >= 4 is 11.6 Å². The smallest absolute Gasteiger partial charge is 0.156 e. The molecule has 0 unspecified atom stereocenters. The highest BCUT2D eigenvalue weighted by Crippen LogP contribution is 2.32. The van der Waals surface area contributed by atoms with Crippen molar-refractivity contribution in [1.82, 2.24) is 15.2 Å². The van der Waals surface area contributed by atoms with Crippen molar-refractivity contribution in [2.24, 2.45) is 0 Å². The Balaban J connectivity index is 1.67. The molecule has 0 fully saturated rings. The van der Waals surface area contributed by atoms with E-state index in [0.717, 1.165) is 39.3 Å². The summed E-state index contributed by atoms with van der Waals surface area (Å²) in [4.78, 5) is 6.39. The Labute approximate surface area is 174 Å². The lowest BCUT2D eigenvalue weighted by Gasteiger charge is -2.17. The first-order valence-corrected chi connectivity index (χ1v) is 9.49.